The lowest BCUT2D eigenvalue weighted by Gasteiger charge is -2.26. The normalized spacial score (nSPS) is 17.1. The van der Waals surface area contributed by atoms with Gasteiger partial charge in [0.25, 0.3) is 0 Å². The van der Waals surface area contributed by atoms with Crippen LogP contribution < -0.4 is 0 Å². The van der Waals surface area contributed by atoms with Crippen molar-refractivity contribution in [1.29, 1.82) is 0 Å². The molecule has 88 valence electrons. The van der Waals surface area contributed by atoms with Crippen LogP contribution in [-0.2, 0) is 0 Å². The summed E-state index contributed by atoms with van der Waals surface area (Å²) in [6.45, 7) is 13.6. The van der Waals surface area contributed by atoms with Gasteiger partial charge in [-0.2, -0.15) is 0 Å². The van der Waals surface area contributed by atoms with Crippen molar-refractivity contribution in [3.63, 3.8) is 0 Å². The van der Waals surface area contributed by atoms with E-state index in [4.69, 9.17) is 0 Å². The molecule has 1 aliphatic rings. The molecule has 0 atom stereocenters. The second-order valence-corrected chi connectivity index (χ2v) is 4.00. The van der Waals surface area contributed by atoms with E-state index in [1.165, 1.54) is 0 Å². The Hall–Kier alpha value is -0.0700. The van der Waals surface area contributed by atoms with Gasteiger partial charge in [-0.3, -0.25) is 0 Å². The molecule has 1 fully saturated rings. The van der Waals surface area contributed by atoms with Crippen LogP contribution in [0.3, 0.4) is 0 Å². The number of halogens is 1. The third-order valence-electron chi connectivity index (χ3n) is 2.84. The first-order valence-corrected chi connectivity index (χ1v) is 6.21. The average molecular weight is 204 g/mol. The van der Waals surface area contributed by atoms with Crippen LogP contribution in [0.25, 0.3) is 0 Å². The molecule has 0 heterocycles. The van der Waals surface area contributed by atoms with Crippen molar-refractivity contribution in [3.8, 4) is 0 Å². The van der Waals surface area contributed by atoms with Gasteiger partial charge in [0.05, 0.1) is 0 Å². The zero-order valence-corrected chi connectivity index (χ0v) is 11.2. The van der Waals surface area contributed by atoms with E-state index in [0.29, 0.717) is 0 Å². The standard InChI is InChI=1S/C9H17F.2C2H6/c1-4-5-9(6-7-9)8(2,3)10;2*1-2/h4-7H2,1-3H3;2*1-2H3. The summed E-state index contributed by atoms with van der Waals surface area (Å²) < 4.78 is 13.4. The van der Waals surface area contributed by atoms with Crippen LogP contribution in [0.5, 0.6) is 0 Å². The first-order chi connectivity index (χ1) is 6.52. The lowest BCUT2D eigenvalue weighted by Crippen LogP contribution is -2.27. The van der Waals surface area contributed by atoms with Gasteiger partial charge in [-0.1, -0.05) is 41.0 Å². The van der Waals surface area contributed by atoms with Gasteiger partial charge in [-0.25, -0.2) is 4.39 Å². The molecule has 0 radical (unpaired) electrons. The summed E-state index contributed by atoms with van der Waals surface area (Å²) in [6.07, 6.45) is 4.39. The van der Waals surface area contributed by atoms with Crippen molar-refractivity contribution in [2.24, 2.45) is 5.41 Å². The van der Waals surface area contributed by atoms with Crippen LogP contribution in [0.1, 0.15) is 74.1 Å². The van der Waals surface area contributed by atoms with Gasteiger partial charge < -0.3 is 0 Å². The fraction of sp³-hybridized carbons (Fsp3) is 1.00. The first kappa shape index (κ1) is 16.4. The van der Waals surface area contributed by atoms with E-state index < -0.39 is 5.67 Å². The summed E-state index contributed by atoms with van der Waals surface area (Å²) in [6, 6.07) is 0. The summed E-state index contributed by atoms with van der Waals surface area (Å²) in [5, 5.41) is 0. The molecule has 1 aliphatic carbocycles. The van der Waals surface area contributed by atoms with E-state index in [0.717, 1.165) is 25.7 Å². The maximum atomic E-state index is 13.4. The van der Waals surface area contributed by atoms with Crippen LogP contribution >= 0.6 is 0 Å². The minimum Gasteiger partial charge on any atom is -0.244 e. The number of hydrogen-bond donors (Lipinski definition) is 0. The van der Waals surface area contributed by atoms with E-state index in [-0.39, 0.29) is 5.41 Å². The molecule has 0 aromatic rings. The van der Waals surface area contributed by atoms with Crippen molar-refractivity contribution in [3.05, 3.63) is 0 Å². The Balaban J connectivity index is 0. The van der Waals surface area contributed by atoms with Crippen molar-refractivity contribution in [2.75, 3.05) is 0 Å². The van der Waals surface area contributed by atoms with Crippen LogP contribution in [-0.4, -0.2) is 5.67 Å². The fourth-order valence-corrected chi connectivity index (χ4v) is 1.77. The highest BCUT2D eigenvalue weighted by atomic mass is 19.1. The van der Waals surface area contributed by atoms with E-state index in [9.17, 15) is 4.39 Å². The Bertz CT molecular complexity index is 118. The number of rotatable bonds is 3. The quantitative estimate of drug-likeness (QED) is 0.580. The molecule has 0 aliphatic heterocycles. The molecule has 0 aromatic heterocycles. The summed E-state index contributed by atoms with van der Waals surface area (Å²) in [5.74, 6) is 0. The lowest BCUT2D eigenvalue weighted by atomic mass is 9.85. The summed E-state index contributed by atoms with van der Waals surface area (Å²) in [5.41, 5.74) is -0.870. The van der Waals surface area contributed by atoms with E-state index in [2.05, 4.69) is 6.92 Å². The molecule has 0 bridgehead atoms. The second-order valence-electron chi connectivity index (χ2n) is 4.00. The maximum absolute atomic E-state index is 13.4. The van der Waals surface area contributed by atoms with Gasteiger partial charge >= 0.3 is 0 Å². The number of alkyl halides is 1. The van der Waals surface area contributed by atoms with Crippen molar-refractivity contribution in [2.45, 2.75) is 79.8 Å². The molecule has 1 saturated carbocycles. The molecule has 1 heteroatoms. The summed E-state index contributed by atoms with van der Waals surface area (Å²) >= 11 is 0. The molecule has 0 nitrogen and oxygen atoms in total. The van der Waals surface area contributed by atoms with Gasteiger partial charge in [-0.05, 0) is 33.1 Å². The van der Waals surface area contributed by atoms with Gasteiger partial charge in [-0.15, -0.1) is 0 Å². The van der Waals surface area contributed by atoms with Gasteiger partial charge in [0.15, 0.2) is 0 Å². The Kier molecular flexibility index (Phi) is 8.48. The van der Waals surface area contributed by atoms with Crippen molar-refractivity contribution < 1.29 is 4.39 Å². The Morgan fingerprint density at radius 3 is 1.50 bits per heavy atom. The lowest BCUT2D eigenvalue weighted by molar-refractivity contribution is 0.0972. The Morgan fingerprint density at radius 1 is 1.07 bits per heavy atom. The third kappa shape index (κ3) is 4.43. The zero-order valence-electron chi connectivity index (χ0n) is 11.2. The molecule has 1 rings (SSSR count). The highest BCUT2D eigenvalue weighted by molar-refractivity contribution is 5.03. The van der Waals surface area contributed by atoms with Crippen LogP contribution in [0.15, 0.2) is 0 Å². The fourth-order valence-electron chi connectivity index (χ4n) is 1.77. The van der Waals surface area contributed by atoms with Crippen molar-refractivity contribution >= 4 is 0 Å². The monoisotopic (exact) mass is 204 g/mol. The molecule has 0 unspecified atom stereocenters. The zero-order chi connectivity index (χ0) is 11.8. The minimum atomic E-state index is -0.941. The third-order valence-corrected chi connectivity index (χ3v) is 2.84. The second kappa shape index (κ2) is 7.25. The van der Waals surface area contributed by atoms with E-state index in [1.54, 1.807) is 13.8 Å². The smallest absolute Gasteiger partial charge is 0.111 e. The molecule has 0 saturated heterocycles. The molecule has 0 N–H and O–H groups in total. The average Bonchev–Trinajstić information content (AvgIpc) is 2.92. The predicted molar refractivity (Wildman–Crippen MR) is 64.5 cm³/mol. The molecule has 0 aromatic carbocycles. The first-order valence-electron chi connectivity index (χ1n) is 6.21. The maximum Gasteiger partial charge on any atom is 0.111 e. The largest absolute Gasteiger partial charge is 0.244 e. The Morgan fingerprint density at radius 2 is 1.43 bits per heavy atom. The highest BCUT2D eigenvalue weighted by Crippen LogP contribution is 2.58. The van der Waals surface area contributed by atoms with Crippen LogP contribution in [0.4, 0.5) is 4.39 Å². The van der Waals surface area contributed by atoms with E-state index in [1.807, 2.05) is 27.7 Å². The van der Waals surface area contributed by atoms with Crippen molar-refractivity contribution in [1.82, 2.24) is 0 Å². The molecular formula is C13H29F. The molecule has 0 amide bonds. The minimum absolute atomic E-state index is 0.0712. The molecule has 14 heavy (non-hydrogen) atoms. The van der Waals surface area contributed by atoms with Gasteiger partial charge in [0.1, 0.15) is 5.67 Å². The van der Waals surface area contributed by atoms with Crippen LogP contribution in [0, 0.1) is 5.41 Å². The SMILES string of the molecule is CC.CC.CCCC1(C(C)(C)F)CC1. The number of hydrogen-bond acceptors (Lipinski definition) is 0. The molecule has 0 spiro atoms. The molecular weight excluding hydrogens is 175 g/mol. The summed E-state index contributed by atoms with van der Waals surface area (Å²) in [7, 11) is 0. The summed E-state index contributed by atoms with van der Waals surface area (Å²) in [4.78, 5) is 0. The topological polar surface area (TPSA) is 0 Å². The van der Waals surface area contributed by atoms with Gasteiger partial charge in [0.2, 0.25) is 0 Å². The van der Waals surface area contributed by atoms with Crippen LogP contribution in [0.2, 0.25) is 0 Å². The predicted octanol–water partition coefficient (Wildman–Crippen LogP) is 5.37. The van der Waals surface area contributed by atoms with E-state index >= 15 is 0 Å². The van der Waals surface area contributed by atoms with Gasteiger partial charge in [0, 0.05) is 5.41 Å². The Labute approximate surface area is 90.3 Å². The highest BCUT2D eigenvalue weighted by Gasteiger charge is 2.53.